The van der Waals surface area contributed by atoms with E-state index in [1.165, 1.54) is 24.3 Å². The number of carboxylic acid groups (broad SMARTS) is 1. The molecule has 0 bridgehead atoms. The first-order chi connectivity index (χ1) is 13.2. The van der Waals surface area contributed by atoms with E-state index in [0.717, 1.165) is 0 Å². The molecule has 0 aromatic heterocycles. The zero-order chi connectivity index (χ0) is 20.1. The molecule has 0 unspecified atom stereocenters. The van der Waals surface area contributed by atoms with Crippen molar-refractivity contribution in [3.63, 3.8) is 0 Å². The van der Waals surface area contributed by atoms with Gasteiger partial charge in [-0.2, -0.15) is 0 Å². The summed E-state index contributed by atoms with van der Waals surface area (Å²) in [6.07, 6.45) is -4.08. The van der Waals surface area contributed by atoms with Crippen molar-refractivity contribution in [2.45, 2.75) is 37.6 Å². The lowest BCUT2D eigenvalue weighted by atomic mass is 10.1. The summed E-state index contributed by atoms with van der Waals surface area (Å²) >= 11 is 0. The number of benzene rings is 2. The second-order valence-electron chi connectivity index (χ2n) is 6.99. The van der Waals surface area contributed by atoms with Crippen LogP contribution in [0.4, 0.5) is 17.6 Å². The number of carboxylic acids is 1. The third-order valence-corrected chi connectivity index (χ3v) is 5.16. The van der Waals surface area contributed by atoms with Crippen molar-refractivity contribution in [2.75, 3.05) is 0 Å². The number of alkyl halides is 3. The highest BCUT2D eigenvalue weighted by Gasteiger charge is 2.45. The Bertz CT molecular complexity index is 925. The lowest BCUT2D eigenvalue weighted by Gasteiger charge is -2.17. The minimum atomic E-state index is -4.77. The molecule has 1 fully saturated rings. The van der Waals surface area contributed by atoms with Crippen LogP contribution in [-0.2, 0) is 11.2 Å². The number of halogens is 4. The van der Waals surface area contributed by atoms with Crippen LogP contribution in [0.2, 0.25) is 0 Å². The highest BCUT2D eigenvalue weighted by molar-refractivity contribution is 5.75. The normalized spacial score (nSPS) is 23.2. The summed E-state index contributed by atoms with van der Waals surface area (Å²) in [5.74, 6) is -2.38. The van der Waals surface area contributed by atoms with Gasteiger partial charge in [0.05, 0.1) is 5.92 Å². The Hall–Kier alpha value is -2.77. The predicted octanol–water partition coefficient (Wildman–Crippen LogP) is 4.98. The molecule has 1 saturated carbocycles. The number of hydrogen-bond donors (Lipinski definition) is 1. The van der Waals surface area contributed by atoms with Gasteiger partial charge in [-0.15, -0.1) is 13.2 Å². The van der Waals surface area contributed by atoms with E-state index in [-0.39, 0.29) is 17.4 Å². The molecule has 4 rings (SSSR count). The molecular weight excluding hydrogens is 380 g/mol. The van der Waals surface area contributed by atoms with Gasteiger partial charge in [-0.25, -0.2) is 4.39 Å². The molecule has 0 saturated heterocycles. The molecular formula is C20H16F4O4. The fraction of sp³-hybridized carbons (Fsp3) is 0.350. The number of rotatable bonds is 5. The first kappa shape index (κ1) is 18.6. The average Bonchev–Trinajstić information content (AvgIpc) is 3.29. The molecule has 0 amide bonds. The number of hydrogen-bond acceptors (Lipinski definition) is 3. The van der Waals surface area contributed by atoms with Crippen LogP contribution in [0.3, 0.4) is 0 Å². The Morgan fingerprint density at radius 2 is 1.93 bits per heavy atom. The molecule has 2 aliphatic carbocycles. The number of carbonyl (C=O) groups is 1. The molecule has 3 atom stereocenters. The maximum Gasteiger partial charge on any atom is 0.573 e. The first-order valence-electron chi connectivity index (χ1n) is 8.79. The SMILES string of the molecule is O=C(O)[C@@H]1C[C@H]1c1ccc(O[C@@H]2CCc3c(OC(F)(F)F)cccc32)cc1F. The van der Waals surface area contributed by atoms with Crippen LogP contribution in [0.1, 0.15) is 41.6 Å². The Balaban J connectivity index is 1.51. The molecule has 148 valence electrons. The molecule has 2 aromatic rings. The topological polar surface area (TPSA) is 55.8 Å². The highest BCUT2D eigenvalue weighted by atomic mass is 19.4. The van der Waals surface area contributed by atoms with Gasteiger partial charge in [0.15, 0.2) is 0 Å². The number of fused-ring (bicyclic) bond motifs is 1. The van der Waals surface area contributed by atoms with Crippen LogP contribution in [-0.4, -0.2) is 17.4 Å². The van der Waals surface area contributed by atoms with Crippen molar-refractivity contribution in [3.05, 3.63) is 58.9 Å². The van der Waals surface area contributed by atoms with Crippen LogP contribution in [0, 0.1) is 11.7 Å². The van der Waals surface area contributed by atoms with E-state index in [4.69, 9.17) is 9.84 Å². The molecule has 2 aromatic carbocycles. The molecule has 4 nitrogen and oxygen atoms in total. The van der Waals surface area contributed by atoms with E-state index in [1.54, 1.807) is 12.1 Å². The van der Waals surface area contributed by atoms with Gasteiger partial charge in [-0.3, -0.25) is 4.79 Å². The quantitative estimate of drug-likeness (QED) is 0.725. The van der Waals surface area contributed by atoms with Crippen molar-refractivity contribution in [1.29, 1.82) is 0 Å². The Morgan fingerprint density at radius 1 is 1.14 bits per heavy atom. The van der Waals surface area contributed by atoms with Crippen molar-refractivity contribution >= 4 is 5.97 Å². The minimum absolute atomic E-state index is 0.244. The molecule has 0 spiro atoms. The van der Waals surface area contributed by atoms with Crippen molar-refractivity contribution in [3.8, 4) is 11.5 Å². The van der Waals surface area contributed by atoms with Gasteiger partial charge >= 0.3 is 12.3 Å². The van der Waals surface area contributed by atoms with Crippen LogP contribution in [0.25, 0.3) is 0 Å². The Kier molecular flexibility index (Phi) is 4.44. The van der Waals surface area contributed by atoms with Gasteiger partial charge < -0.3 is 14.6 Å². The van der Waals surface area contributed by atoms with Gasteiger partial charge in [-0.1, -0.05) is 18.2 Å². The molecule has 1 N–H and O–H groups in total. The van der Waals surface area contributed by atoms with Gasteiger partial charge in [-0.05, 0) is 42.5 Å². The van der Waals surface area contributed by atoms with E-state index in [0.29, 0.717) is 36.0 Å². The zero-order valence-electron chi connectivity index (χ0n) is 14.5. The van der Waals surface area contributed by atoms with Gasteiger partial charge in [0, 0.05) is 17.5 Å². The Labute approximate surface area is 157 Å². The molecule has 2 aliphatic rings. The van der Waals surface area contributed by atoms with Crippen LogP contribution < -0.4 is 9.47 Å². The number of ether oxygens (including phenoxy) is 2. The molecule has 0 aliphatic heterocycles. The monoisotopic (exact) mass is 396 g/mol. The van der Waals surface area contributed by atoms with Crippen LogP contribution in [0.15, 0.2) is 36.4 Å². The second-order valence-corrected chi connectivity index (χ2v) is 6.99. The largest absolute Gasteiger partial charge is 0.573 e. The summed E-state index contributed by atoms with van der Waals surface area (Å²) in [6.45, 7) is 0. The maximum atomic E-state index is 14.4. The molecule has 0 radical (unpaired) electrons. The fourth-order valence-electron chi connectivity index (χ4n) is 3.78. The minimum Gasteiger partial charge on any atom is -0.486 e. The van der Waals surface area contributed by atoms with Gasteiger partial charge in [0.2, 0.25) is 0 Å². The van der Waals surface area contributed by atoms with Crippen molar-refractivity contribution in [1.82, 2.24) is 0 Å². The highest BCUT2D eigenvalue weighted by Crippen LogP contribution is 2.49. The summed E-state index contributed by atoms with van der Waals surface area (Å²) in [6, 6.07) is 8.66. The molecule has 8 heteroatoms. The summed E-state index contributed by atoms with van der Waals surface area (Å²) in [4.78, 5) is 11.0. The van der Waals surface area contributed by atoms with E-state index in [1.807, 2.05) is 0 Å². The smallest absolute Gasteiger partial charge is 0.486 e. The van der Waals surface area contributed by atoms with Crippen molar-refractivity contribution < 1.29 is 36.9 Å². The zero-order valence-corrected chi connectivity index (χ0v) is 14.5. The summed E-state index contributed by atoms with van der Waals surface area (Å²) in [5.41, 5.74) is 1.36. The Morgan fingerprint density at radius 3 is 2.57 bits per heavy atom. The van der Waals surface area contributed by atoms with E-state index < -0.39 is 30.2 Å². The first-order valence-corrected chi connectivity index (χ1v) is 8.79. The van der Waals surface area contributed by atoms with Gasteiger partial charge in [0.1, 0.15) is 23.4 Å². The van der Waals surface area contributed by atoms with E-state index >= 15 is 0 Å². The van der Waals surface area contributed by atoms with Crippen LogP contribution >= 0.6 is 0 Å². The van der Waals surface area contributed by atoms with E-state index in [2.05, 4.69) is 4.74 Å². The summed E-state index contributed by atoms with van der Waals surface area (Å²) < 4.78 is 61.9. The third-order valence-electron chi connectivity index (χ3n) is 5.16. The molecule has 0 heterocycles. The average molecular weight is 396 g/mol. The second kappa shape index (κ2) is 6.68. The van der Waals surface area contributed by atoms with Crippen LogP contribution in [0.5, 0.6) is 11.5 Å². The fourth-order valence-corrected chi connectivity index (χ4v) is 3.78. The van der Waals surface area contributed by atoms with Crippen molar-refractivity contribution in [2.24, 2.45) is 5.92 Å². The third kappa shape index (κ3) is 3.63. The lowest BCUT2D eigenvalue weighted by molar-refractivity contribution is -0.274. The van der Waals surface area contributed by atoms with E-state index in [9.17, 15) is 22.4 Å². The summed E-state index contributed by atoms with van der Waals surface area (Å²) in [5, 5.41) is 8.98. The lowest BCUT2D eigenvalue weighted by Crippen LogP contribution is -2.18. The van der Waals surface area contributed by atoms with Gasteiger partial charge in [0.25, 0.3) is 0 Å². The number of aliphatic carboxylic acids is 1. The summed E-state index contributed by atoms with van der Waals surface area (Å²) in [7, 11) is 0. The predicted molar refractivity (Wildman–Crippen MR) is 89.7 cm³/mol. The molecule has 28 heavy (non-hydrogen) atoms. The maximum absolute atomic E-state index is 14.4. The standard InChI is InChI=1S/C20H16F4O4/c21-16-8-10(4-5-11(16)14-9-15(14)19(25)26)27-17-7-6-13-12(17)2-1-3-18(13)28-20(22,23)24/h1-5,8,14-15,17H,6-7,9H2,(H,25,26)/t14-,15+,17+/m0/s1.